The maximum absolute atomic E-state index is 9.37. The molecule has 0 bridgehead atoms. The molecule has 14 heavy (non-hydrogen) atoms. The lowest BCUT2D eigenvalue weighted by Crippen LogP contribution is -2.16. The van der Waals surface area contributed by atoms with Crippen molar-refractivity contribution in [1.29, 1.82) is 0 Å². The van der Waals surface area contributed by atoms with Crippen LogP contribution in [0.15, 0.2) is 18.2 Å². The first kappa shape index (κ1) is 10.9. The van der Waals surface area contributed by atoms with Gasteiger partial charge in [0, 0.05) is 5.56 Å². The molecule has 0 radical (unpaired) electrons. The minimum atomic E-state index is -1.32. The molecule has 0 amide bonds. The second kappa shape index (κ2) is 3.89. The molecule has 0 aliphatic heterocycles. The third kappa shape index (κ3) is 3.67. The van der Waals surface area contributed by atoms with Crippen molar-refractivity contribution in [2.45, 2.75) is 26.6 Å². The van der Waals surface area contributed by atoms with Gasteiger partial charge in [-0.3, -0.25) is 0 Å². The van der Waals surface area contributed by atoms with Crippen molar-refractivity contribution >= 4 is 8.07 Å². The fourth-order valence-corrected chi connectivity index (χ4v) is 1.61. The molecule has 0 atom stereocenters. The van der Waals surface area contributed by atoms with E-state index < -0.39 is 8.07 Å². The molecule has 0 heterocycles. The molecule has 1 N–H and O–H groups in total. The van der Waals surface area contributed by atoms with Gasteiger partial charge in [-0.05, 0) is 30.7 Å². The van der Waals surface area contributed by atoms with Gasteiger partial charge in [-0.15, -0.1) is 5.54 Å². The highest BCUT2D eigenvalue weighted by molar-refractivity contribution is 6.83. The van der Waals surface area contributed by atoms with Crippen molar-refractivity contribution in [2.24, 2.45) is 0 Å². The molecule has 0 aliphatic rings. The molecule has 0 fully saturated rings. The summed E-state index contributed by atoms with van der Waals surface area (Å²) in [7, 11) is -1.32. The van der Waals surface area contributed by atoms with Crippen LogP contribution in [0.1, 0.15) is 11.1 Å². The van der Waals surface area contributed by atoms with Crippen LogP contribution < -0.4 is 0 Å². The third-order valence-corrected chi connectivity index (χ3v) is 2.52. The molecule has 2 heteroatoms. The Morgan fingerprint density at radius 1 is 1.14 bits per heavy atom. The normalized spacial score (nSPS) is 10.6. The van der Waals surface area contributed by atoms with Crippen LogP contribution in [0.3, 0.4) is 0 Å². The number of benzene rings is 1. The van der Waals surface area contributed by atoms with Gasteiger partial charge in [-0.25, -0.2) is 0 Å². The first-order valence-electron chi connectivity index (χ1n) is 4.71. The van der Waals surface area contributed by atoms with Crippen LogP contribution in [0, 0.1) is 18.4 Å². The largest absolute Gasteiger partial charge is 0.508 e. The maximum Gasteiger partial charge on any atom is 0.129 e. The van der Waals surface area contributed by atoms with Gasteiger partial charge in [0.25, 0.3) is 0 Å². The zero-order valence-corrected chi connectivity index (χ0v) is 10.2. The van der Waals surface area contributed by atoms with E-state index in [1.807, 2.05) is 13.0 Å². The molecule has 0 saturated heterocycles. The number of rotatable bonds is 0. The van der Waals surface area contributed by atoms with E-state index in [4.69, 9.17) is 0 Å². The molecule has 0 spiro atoms. The predicted molar refractivity (Wildman–Crippen MR) is 63.1 cm³/mol. The Labute approximate surface area is 86.8 Å². The van der Waals surface area contributed by atoms with Crippen LogP contribution in [0.5, 0.6) is 5.75 Å². The second-order valence-corrected chi connectivity index (χ2v) is 9.31. The quantitative estimate of drug-likeness (QED) is 0.509. The molecular formula is C12H16OSi. The highest BCUT2D eigenvalue weighted by Crippen LogP contribution is 2.14. The Hall–Kier alpha value is -1.20. The highest BCUT2D eigenvalue weighted by atomic mass is 28.3. The van der Waals surface area contributed by atoms with Gasteiger partial charge in [-0.2, -0.15) is 0 Å². The first-order chi connectivity index (χ1) is 6.37. The lowest BCUT2D eigenvalue weighted by molar-refractivity contribution is 0.474. The zero-order chi connectivity index (χ0) is 10.8. The molecule has 1 rings (SSSR count). The van der Waals surface area contributed by atoms with Crippen LogP contribution in [-0.2, 0) is 0 Å². The first-order valence-corrected chi connectivity index (χ1v) is 8.21. The number of aromatic hydroxyl groups is 1. The SMILES string of the molecule is Cc1cc(O)cc(C#C[Si](C)(C)C)c1. The van der Waals surface area contributed by atoms with Gasteiger partial charge in [0.1, 0.15) is 13.8 Å². The summed E-state index contributed by atoms with van der Waals surface area (Å²) in [5.41, 5.74) is 5.22. The molecule has 74 valence electrons. The van der Waals surface area contributed by atoms with E-state index >= 15 is 0 Å². The summed E-state index contributed by atoms with van der Waals surface area (Å²) in [6, 6.07) is 5.44. The molecule has 0 aromatic heterocycles. The van der Waals surface area contributed by atoms with Crippen molar-refractivity contribution in [3.63, 3.8) is 0 Å². The van der Waals surface area contributed by atoms with Gasteiger partial charge in [0.05, 0.1) is 0 Å². The lowest BCUT2D eigenvalue weighted by Gasteiger charge is -2.03. The van der Waals surface area contributed by atoms with Crippen molar-refractivity contribution in [1.82, 2.24) is 0 Å². The molecule has 1 aromatic carbocycles. The molecule has 0 aliphatic carbocycles. The number of phenols is 1. The van der Waals surface area contributed by atoms with E-state index in [9.17, 15) is 5.11 Å². The average molecular weight is 204 g/mol. The standard InChI is InChI=1S/C12H16OSi/c1-10-7-11(9-12(13)8-10)5-6-14(2,3)4/h7-9,13H,1-4H3. The summed E-state index contributed by atoms with van der Waals surface area (Å²) in [6.45, 7) is 8.57. The number of hydrogen-bond acceptors (Lipinski definition) is 1. The van der Waals surface area contributed by atoms with E-state index in [2.05, 4.69) is 31.1 Å². The summed E-state index contributed by atoms with van der Waals surface area (Å²) < 4.78 is 0. The van der Waals surface area contributed by atoms with Gasteiger partial charge in [0.2, 0.25) is 0 Å². The summed E-state index contributed by atoms with van der Waals surface area (Å²) in [5, 5.41) is 9.37. The van der Waals surface area contributed by atoms with Crippen molar-refractivity contribution in [2.75, 3.05) is 0 Å². The zero-order valence-electron chi connectivity index (χ0n) is 9.18. The Balaban J connectivity index is 3.02. The maximum atomic E-state index is 9.37. The van der Waals surface area contributed by atoms with E-state index in [0.29, 0.717) is 5.75 Å². The van der Waals surface area contributed by atoms with Gasteiger partial charge in [0.15, 0.2) is 0 Å². The summed E-state index contributed by atoms with van der Waals surface area (Å²) in [6.07, 6.45) is 0. The highest BCUT2D eigenvalue weighted by Gasteiger charge is 2.07. The Morgan fingerprint density at radius 3 is 2.29 bits per heavy atom. The van der Waals surface area contributed by atoms with Gasteiger partial charge >= 0.3 is 0 Å². The Morgan fingerprint density at radius 2 is 1.79 bits per heavy atom. The van der Waals surface area contributed by atoms with Crippen LogP contribution in [0.2, 0.25) is 19.6 Å². The molecule has 0 saturated carbocycles. The van der Waals surface area contributed by atoms with E-state index in [-0.39, 0.29) is 0 Å². The average Bonchev–Trinajstić information content (AvgIpc) is 1.97. The minimum absolute atomic E-state index is 0.296. The summed E-state index contributed by atoms with van der Waals surface area (Å²) >= 11 is 0. The fraction of sp³-hybridized carbons (Fsp3) is 0.333. The topological polar surface area (TPSA) is 20.2 Å². The predicted octanol–water partition coefficient (Wildman–Crippen LogP) is 2.93. The third-order valence-electron chi connectivity index (χ3n) is 1.64. The van der Waals surface area contributed by atoms with E-state index in [0.717, 1.165) is 11.1 Å². The molecule has 1 aromatic rings. The fourth-order valence-electron chi connectivity index (χ4n) is 1.09. The summed E-state index contributed by atoms with van der Waals surface area (Å²) in [5.74, 6) is 3.41. The van der Waals surface area contributed by atoms with E-state index in [1.165, 1.54) is 0 Å². The van der Waals surface area contributed by atoms with Crippen LogP contribution in [0.25, 0.3) is 0 Å². The van der Waals surface area contributed by atoms with E-state index in [1.54, 1.807) is 12.1 Å². The van der Waals surface area contributed by atoms with Crippen LogP contribution >= 0.6 is 0 Å². The molecular weight excluding hydrogens is 188 g/mol. The molecule has 1 nitrogen and oxygen atoms in total. The number of aryl methyl sites for hydroxylation is 1. The minimum Gasteiger partial charge on any atom is -0.508 e. The van der Waals surface area contributed by atoms with Crippen molar-refractivity contribution in [3.05, 3.63) is 29.3 Å². The number of hydrogen-bond donors (Lipinski definition) is 1. The van der Waals surface area contributed by atoms with Gasteiger partial charge < -0.3 is 5.11 Å². The van der Waals surface area contributed by atoms with Crippen molar-refractivity contribution in [3.8, 4) is 17.2 Å². The molecule has 0 unspecified atom stereocenters. The Kier molecular flexibility index (Phi) is 3.02. The van der Waals surface area contributed by atoms with Gasteiger partial charge in [-0.1, -0.05) is 25.6 Å². The Bertz CT molecular complexity index is 371. The summed E-state index contributed by atoms with van der Waals surface area (Å²) in [4.78, 5) is 0. The second-order valence-electron chi connectivity index (χ2n) is 4.56. The monoisotopic (exact) mass is 204 g/mol. The number of phenolic OH excluding ortho intramolecular Hbond substituents is 1. The van der Waals surface area contributed by atoms with Crippen LogP contribution in [-0.4, -0.2) is 13.2 Å². The smallest absolute Gasteiger partial charge is 0.129 e. The van der Waals surface area contributed by atoms with Crippen LogP contribution in [0.4, 0.5) is 0 Å². The lowest BCUT2D eigenvalue weighted by atomic mass is 10.1. The van der Waals surface area contributed by atoms with Crippen molar-refractivity contribution < 1.29 is 5.11 Å².